The summed E-state index contributed by atoms with van der Waals surface area (Å²) in [4.78, 5) is 46.7. The Hall–Kier alpha value is -2.90. The highest BCUT2D eigenvalue weighted by molar-refractivity contribution is 6.22. The third kappa shape index (κ3) is 2.87. The number of cyclic esters (lactones) is 1. The maximum atomic E-state index is 12.0. The van der Waals surface area contributed by atoms with Crippen LogP contribution >= 0.6 is 0 Å². The summed E-state index contributed by atoms with van der Waals surface area (Å²) in [7, 11) is 0. The van der Waals surface area contributed by atoms with Crippen molar-refractivity contribution in [1.29, 1.82) is 0 Å². The van der Waals surface area contributed by atoms with E-state index >= 15 is 0 Å². The van der Waals surface area contributed by atoms with E-state index in [0.717, 1.165) is 0 Å². The van der Waals surface area contributed by atoms with Crippen LogP contribution in [0.15, 0.2) is 18.2 Å². The molecular formula is C15H15N3O5. The van der Waals surface area contributed by atoms with Crippen LogP contribution in [-0.4, -0.2) is 35.5 Å². The molecule has 0 aromatic heterocycles. The molecule has 1 aromatic carbocycles. The van der Waals surface area contributed by atoms with Crippen LogP contribution in [0, 0.1) is 0 Å². The van der Waals surface area contributed by atoms with E-state index in [0.29, 0.717) is 12.1 Å². The fourth-order valence-corrected chi connectivity index (χ4v) is 2.64. The van der Waals surface area contributed by atoms with Crippen LogP contribution in [0.25, 0.3) is 0 Å². The Labute approximate surface area is 131 Å². The number of nitrogens with one attached hydrogen (secondary N) is 3. The van der Waals surface area contributed by atoms with E-state index in [2.05, 4.69) is 16.0 Å². The number of anilines is 1. The lowest BCUT2D eigenvalue weighted by Gasteiger charge is -2.14. The molecule has 0 saturated carbocycles. The van der Waals surface area contributed by atoms with Crippen molar-refractivity contribution < 1.29 is 23.9 Å². The van der Waals surface area contributed by atoms with Crippen molar-refractivity contribution in [3.05, 3.63) is 29.3 Å². The van der Waals surface area contributed by atoms with Gasteiger partial charge in [-0.2, -0.15) is 0 Å². The fourth-order valence-electron chi connectivity index (χ4n) is 2.64. The average molecular weight is 317 g/mol. The van der Waals surface area contributed by atoms with Crippen LogP contribution in [0.3, 0.4) is 0 Å². The molecule has 2 heterocycles. The molecule has 3 rings (SSSR count). The number of ether oxygens (including phenoxy) is 1. The van der Waals surface area contributed by atoms with Gasteiger partial charge in [0.15, 0.2) is 0 Å². The second-order valence-electron chi connectivity index (χ2n) is 6.08. The molecule has 8 heteroatoms. The SMILES string of the molecule is CC1(C)C[C@@H](NC(=O)Nc2ccc3c(c2)C(=O)NC3=O)C(=O)O1. The summed E-state index contributed by atoms with van der Waals surface area (Å²) in [6, 6.07) is 3.07. The molecule has 23 heavy (non-hydrogen) atoms. The first-order valence-electron chi connectivity index (χ1n) is 7.05. The van der Waals surface area contributed by atoms with Gasteiger partial charge in [0.25, 0.3) is 11.8 Å². The molecule has 1 aromatic rings. The molecule has 1 fully saturated rings. The molecular weight excluding hydrogens is 302 g/mol. The Morgan fingerprint density at radius 1 is 1.22 bits per heavy atom. The number of hydrogen-bond acceptors (Lipinski definition) is 5. The molecule has 4 amide bonds. The normalized spacial score (nSPS) is 21.5. The molecule has 0 bridgehead atoms. The second kappa shape index (κ2) is 5.08. The molecule has 2 aliphatic rings. The number of fused-ring (bicyclic) bond motifs is 1. The maximum Gasteiger partial charge on any atom is 0.329 e. The summed E-state index contributed by atoms with van der Waals surface area (Å²) >= 11 is 0. The number of esters is 1. The lowest BCUT2D eigenvalue weighted by molar-refractivity contribution is -0.147. The Morgan fingerprint density at radius 2 is 1.91 bits per heavy atom. The largest absolute Gasteiger partial charge is 0.458 e. The van der Waals surface area contributed by atoms with E-state index < -0.39 is 35.5 Å². The van der Waals surface area contributed by atoms with Crippen LogP contribution in [0.1, 0.15) is 41.0 Å². The Balaban J connectivity index is 1.67. The molecule has 120 valence electrons. The Bertz CT molecular complexity index is 741. The number of carbonyl (C=O) groups excluding carboxylic acids is 4. The van der Waals surface area contributed by atoms with Gasteiger partial charge in [-0.1, -0.05) is 0 Å². The molecule has 3 N–H and O–H groups in total. The van der Waals surface area contributed by atoms with Crippen molar-refractivity contribution in [2.75, 3.05) is 5.32 Å². The molecule has 0 spiro atoms. The number of hydrogen-bond donors (Lipinski definition) is 3. The molecule has 0 unspecified atom stereocenters. The van der Waals surface area contributed by atoms with E-state index in [1.165, 1.54) is 18.2 Å². The van der Waals surface area contributed by atoms with Gasteiger partial charge in [-0.25, -0.2) is 9.59 Å². The van der Waals surface area contributed by atoms with Crippen molar-refractivity contribution in [3.8, 4) is 0 Å². The van der Waals surface area contributed by atoms with Crippen molar-refractivity contribution >= 4 is 29.5 Å². The van der Waals surface area contributed by atoms with E-state index in [1.807, 2.05) is 0 Å². The lowest BCUT2D eigenvalue weighted by atomic mass is 10.0. The highest BCUT2D eigenvalue weighted by Crippen LogP contribution is 2.26. The molecule has 0 aliphatic carbocycles. The van der Waals surface area contributed by atoms with Crippen molar-refractivity contribution in [2.45, 2.75) is 31.9 Å². The smallest absolute Gasteiger partial charge is 0.329 e. The number of carbonyl (C=O) groups is 4. The lowest BCUT2D eigenvalue weighted by Crippen LogP contribution is -2.40. The van der Waals surface area contributed by atoms with Crippen molar-refractivity contribution in [2.24, 2.45) is 0 Å². The number of imide groups is 1. The minimum atomic E-state index is -0.718. The summed E-state index contributed by atoms with van der Waals surface area (Å²) in [6.45, 7) is 3.53. The van der Waals surface area contributed by atoms with Crippen molar-refractivity contribution in [1.82, 2.24) is 10.6 Å². The van der Waals surface area contributed by atoms with Gasteiger partial charge in [0.2, 0.25) is 0 Å². The van der Waals surface area contributed by atoms with Crippen LogP contribution in [-0.2, 0) is 9.53 Å². The predicted octanol–water partition coefficient (Wildman–Crippen LogP) is 0.786. The molecule has 1 saturated heterocycles. The summed E-state index contributed by atoms with van der Waals surface area (Å²) in [5.74, 6) is -1.45. The van der Waals surface area contributed by atoms with Crippen molar-refractivity contribution in [3.63, 3.8) is 0 Å². The van der Waals surface area contributed by atoms with E-state index in [1.54, 1.807) is 13.8 Å². The minimum Gasteiger partial charge on any atom is -0.458 e. The van der Waals surface area contributed by atoms with Crippen LogP contribution in [0.5, 0.6) is 0 Å². The summed E-state index contributed by atoms with van der Waals surface area (Å²) in [6.07, 6.45) is 0.375. The number of urea groups is 1. The number of rotatable bonds is 2. The first kappa shape index (κ1) is 15.0. The summed E-state index contributed by atoms with van der Waals surface area (Å²) in [5, 5.41) is 7.23. The number of benzene rings is 1. The molecule has 8 nitrogen and oxygen atoms in total. The zero-order chi connectivity index (χ0) is 16.8. The molecule has 1 atom stereocenters. The standard InChI is InChI=1S/C15H15N3O5/c1-15(2)6-10(13(21)23-15)17-14(22)16-7-3-4-8-9(5-7)12(20)18-11(8)19/h3-5,10H,6H2,1-2H3,(H2,16,17,22)(H,18,19,20)/t10-/m1/s1. The predicted molar refractivity (Wildman–Crippen MR) is 79.0 cm³/mol. The quantitative estimate of drug-likeness (QED) is 0.551. The monoisotopic (exact) mass is 317 g/mol. The first-order chi connectivity index (χ1) is 10.7. The topological polar surface area (TPSA) is 114 Å². The minimum absolute atomic E-state index is 0.203. The summed E-state index contributed by atoms with van der Waals surface area (Å²) < 4.78 is 5.13. The van der Waals surface area contributed by atoms with E-state index in [9.17, 15) is 19.2 Å². The Morgan fingerprint density at radius 3 is 2.57 bits per heavy atom. The third-order valence-electron chi connectivity index (χ3n) is 3.66. The molecule has 2 aliphatic heterocycles. The van der Waals surface area contributed by atoms with Gasteiger partial charge in [-0.3, -0.25) is 14.9 Å². The van der Waals surface area contributed by atoms with Gasteiger partial charge >= 0.3 is 12.0 Å². The zero-order valence-corrected chi connectivity index (χ0v) is 12.6. The van der Waals surface area contributed by atoms with Gasteiger partial charge in [-0.05, 0) is 32.0 Å². The van der Waals surface area contributed by atoms with Gasteiger partial charge in [0, 0.05) is 12.1 Å². The van der Waals surface area contributed by atoms with E-state index in [4.69, 9.17) is 4.74 Å². The van der Waals surface area contributed by atoms with E-state index in [-0.39, 0.29) is 11.1 Å². The van der Waals surface area contributed by atoms with Gasteiger partial charge in [0.1, 0.15) is 11.6 Å². The maximum absolute atomic E-state index is 12.0. The Kier molecular flexibility index (Phi) is 3.32. The second-order valence-corrected chi connectivity index (χ2v) is 6.08. The third-order valence-corrected chi connectivity index (χ3v) is 3.66. The highest BCUT2D eigenvalue weighted by atomic mass is 16.6. The van der Waals surface area contributed by atoms with Gasteiger partial charge in [0.05, 0.1) is 11.1 Å². The summed E-state index contributed by atoms with van der Waals surface area (Å²) in [5.41, 5.74) is 0.203. The number of amides is 4. The average Bonchev–Trinajstić information content (AvgIpc) is 2.86. The van der Waals surface area contributed by atoms with Crippen LogP contribution in [0.2, 0.25) is 0 Å². The highest BCUT2D eigenvalue weighted by Gasteiger charge is 2.40. The first-order valence-corrected chi connectivity index (χ1v) is 7.05. The zero-order valence-electron chi connectivity index (χ0n) is 12.6. The fraction of sp³-hybridized carbons (Fsp3) is 0.333. The van der Waals surface area contributed by atoms with Crippen LogP contribution < -0.4 is 16.0 Å². The van der Waals surface area contributed by atoms with Gasteiger partial charge < -0.3 is 15.4 Å². The molecule has 0 radical (unpaired) electrons. The van der Waals surface area contributed by atoms with Gasteiger partial charge in [-0.15, -0.1) is 0 Å². The van der Waals surface area contributed by atoms with Crippen LogP contribution in [0.4, 0.5) is 10.5 Å².